The lowest BCUT2D eigenvalue weighted by Gasteiger charge is -2.16. The zero-order valence-electron chi connectivity index (χ0n) is 17.1. The molecule has 3 N–H and O–H groups in total. The van der Waals surface area contributed by atoms with Gasteiger partial charge in [-0.1, -0.05) is 30.3 Å². The number of thiocarbonyl (C=S) groups is 1. The van der Waals surface area contributed by atoms with Gasteiger partial charge in [0.05, 0.1) is 25.5 Å². The van der Waals surface area contributed by atoms with E-state index in [4.69, 9.17) is 17.0 Å². The van der Waals surface area contributed by atoms with Crippen LogP contribution in [0.1, 0.15) is 39.3 Å². The molecule has 1 atom stereocenters. The molecule has 3 aromatic rings. The first-order chi connectivity index (χ1) is 15.4. The number of hydrogen-bond donors (Lipinski definition) is 3. The van der Waals surface area contributed by atoms with Gasteiger partial charge in [-0.3, -0.25) is 10.1 Å². The van der Waals surface area contributed by atoms with Crippen molar-refractivity contribution in [3.63, 3.8) is 0 Å². The predicted molar refractivity (Wildman–Crippen MR) is 120 cm³/mol. The number of carbonyl (C=O) groups is 2. The molecule has 2 aromatic carbocycles. The van der Waals surface area contributed by atoms with Crippen LogP contribution in [0.3, 0.4) is 0 Å². The van der Waals surface area contributed by atoms with Crippen molar-refractivity contribution in [2.45, 2.75) is 19.6 Å². The van der Waals surface area contributed by atoms with Gasteiger partial charge in [0, 0.05) is 5.56 Å². The smallest absolute Gasteiger partial charge is 0.343 e. The molecule has 0 saturated carbocycles. The van der Waals surface area contributed by atoms with E-state index in [-0.39, 0.29) is 29.6 Å². The summed E-state index contributed by atoms with van der Waals surface area (Å²) in [5, 5.41) is 19.9. The Morgan fingerprint density at radius 2 is 1.88 bits per heavy atom. The van der Waals surface area contributed by atoms with E-state index in [0.717, 1.165) is 0 Å². The first-order valence-corrected chi connectivity index (χ1v) is 10.1. The van der Waals surface area contributed by atoms with Crippen LogP contribution in [0.25, 0.3) is 0 Å². The van der Waals surface area contributed by atoms with Crippen LogP contribution in [0.4, 0.5) is 10.2 Å². The Bertz CT molecular complexity index is 1100. The molecule has 0 fully saturated rings. The minimum atomic E-state index is -1.04. The quantitative estimate of drug-likeness (QED) is 0.371. The van der Waals surface area contributed by atoms with Gasteiger partial charge in [-0.25, -0.2) is 13.9 Å². The van der Waals surface area contributed by atoms with Crippen LogP contribution in [-0.2, 0) is 11.3 Å². The van der Waals surface area contributed by atoms with Crippen molar-refractivity contribution < 1.29 is 23.8 Å². The first-order valence-electron chi connectivity index (χ1n) is 9.73. The van der Waals surface area contributed by atoms with Crippen LogP contribution in [-0.4, -0.2) is 38.5 Å². The number of aliphatic hydroxyl groups is 1. The average molecular weight is 456 g/mol. The number of aromatic nitrogens is 2. The molecule has 1 unspecified atom stereocenters. The lowest BCUT2D eigenvalue weighted by atomic mass is 10.1. The molecule has 0 aliphatic rings. The Hall–Kier alpha value is -3.63. The zero-order chi connectivity index (χ0) is 23.1. The fourth-order valence-electron chi connectivity index (χ4n) is 2.87. The van der Waals surface area contributed by atoms with E-state index in [1.807, 2.05) is 0 Å². The van der Waals surface area contributed by atoms with Gasteiger partial charge in [0.1, 0.15) is 17.2 Å². The normalized spacial score (nSPS) is 11.5. The summed E-state index contributed by atoms with van der Waals surface area (Å²) in [5.74, 6) is -1.36. The second-order valence-electron chi connectivity index (χ2n) is 6.65. The summed E-state index contributed by atoms with van der Waals surface area (Å²) in [5.41, 5.74) is 0.947. The summed E-state index contributed by atoms with van der Waals surface area (Å²) in [4.78, 5) is 24.7. The molecule has 0 spiro atoms. The monoisotopic (exact) mass is 456 g/mol. The summed E-state index contributed by atoms with van der Waals surface area (Å²) in [7, 11) is 0. The van der Waals surface area contributed by atoms with E-state index in [0.29, 0.717) is 11.1 Å². The summed E-state index contributed by atoms with van der Waals surface area (Å²) < 4.78 is 19.5. The van der Waals surface area contributed by atoms with E-state index >= 15 is 0 Å². The van der Waals surface area contributed by atoms with Crippen LogP contribution in [0, 0.1) is 5.82 Å². The standard InChI is InChI=1S/C22H21FN4O4S/c1-2-31-21(30)17-12-24-27(13-18(28)14-8-10-16(23)11-9-14)19(17)25-22(32)26-20(29)15-6-4-3-5-7-15/h3-12,18,28H,2,13H2,1H3,(H2,25,26,29,32). The topological polar surface area (TPSA) is 105 Å². The number of hydrogen-bond acceptors (Lipinski definition) is 6. The molecular weight excluding hydrogens is 435 g/mol. The van der Waals surface area contributed by atoms with E-state index in [2.05, 4.69) is 15.7 Å². The molecule has 0 aliphatic heterocycles. The third-order valence-corrected chi connectivity index (χ3v) is 4.63. The number of aliphatic hydroxyl groups excluding tert-OH is 1. The lowest BCUT2D eigenvalue weighted by Crippen LogP contribution is -2.35. The maximum absolute atomic E-state index is 13.2. The Balaban J connectivity index is 1.80. The van der Waals surface area contributed by atoms with E-state index in [1.54, 1.807) is 37.3 Å². The predicted octanol–water partition coefficient (Wildman–Crippen LogP) is 3.06. The molecule has 3 rings (SSSR count). The number of ether oxygens (including phenoxy) is 1. The van der Waals surface area contributed by atoms with Gasteiger partial charge in [0.15, 0.2) is 5.11 Å². The van der Waals surface area contributed by atoms with Crippen LogP contribution in [0.2, 0.25) is 0 Å². The maximum Gasteiger partial charge on any atom is 0.343 e. The van der Waals surface area contributed by atoms with E-state index in [1.165, 1.54) is 35.1 Å². The first kappa shape index (κ1) is 23.0. The molecule has 32 heavy (non-hydrogen) atoms. The van der Waals surface area contributed by atoms with Gasteiger partial charge in [-0.05, 0) is 49.0 Å². The Labute approximate surface area is 189 Å². The van der Waals surface area contributed by atoms with Crippen molar-refractivity contribution in [1.82, 2.24) is 15.1 Å². The highest BCUT2D eigenvalue weighted by Gasteiger charge is 2.22. The van der Waals surface area contributed by atoms with Crippen LogP contribution < -0.4 is 10.6 Å². The molecule has 0 bridgehead atoms. The van der Waals surface area contributed by atoms with Gasteiger partial charge in [0.2, 0.25) is 0 Å². The van der Waals surface area contributed by atoms with Crippen molar-refractivity contribution in [3.05, 3.63) is 83.3 Å². The highest BCUT2D eigenvalue weighted by Crippen LogP contribution is 2.22. The Kier molecular flexibility index (Phi) is 7.63. The van der Waals surface area contributed by atoms with Crippen molar-refractivity contribution in [2.24, 2.45) is 0 Å². The SMILES string of the molecule is CCOC(=O)c1cnn(CC(O)c2ccc(F)cc2)c1NC(=S)NC(=O)c1ccccc1. The fourth-order valence-corrected chi connectivity index (χ4v) is 3.06. The van der Waals surface area contributed by atoms with Gasteiger partial charge >= 0.3 is 5.97 Å². The van der Waals surface area contributed by atoms with Crippen molar-refractivity contribution >= 4 is 35.0 Å². The number of nitrogens with zero attached hydrogens (tertiary/aromatic N) is 2. The number of anilines is 1. The van der Waals surface area contributed by atoms with Crippen LogP contribution in [0.15, 0.2) is 60.8 Å². The second-order valence-corrected chi connectivity index (χ2v) is 7.06. The Morgan fingerprint density at radius 3 is 2.53 bits per heavy atom. The minimum absolute atomic E-state index is 0.0668. The number of carbonyl (C=O) groups excluding carboxylic acids is 2. The van der Waals surface area contributed by atoms with E-state index in [9.17, 15) is 19.1 Å². The second kappa shape index (κ2) is 10.6. The largest absolute Gasteiger partial charge is 0.462 e. The number of amides is 1. The van der Waals surface area contributed by atoms with Gasteiger partial charge in [-0.15, -0.1) is 0 Å². The summed E-state index contributed by atoms with van der Waals surface area (Å²) in [6.07, 6.45) is 0.234. The third kappa shape index (κ3) is 5.74. The van der Waals surface area contributed by atoms with Crippen LogP contribution in [0.5, 0.6) is 0 Å². The molecule has 0 saturated heterocycles. The average Bonchev–Trinajstić information content (AvgIpc) is 3.16. The lowest BCUT2D eigenvalue weighted by molar-refractivity contribution is 0.0527. The zero-order valence-corrected chi connectivity index (χ0v) is 17.9. The van der Waals surface area contributed by atoms with E-state index < -0.39 is 23.8 Å². The number of rotatable bonds is 7. The molecule has 1 heterocycles. The van der Waals surface area contributed by atoms with Crippen LogP contribution >= 0.6 is 12.2 Å². The summed E-state index contributed by atoms with van der Waals surface area (Å²) >= 11 is 5.23. The summed E-state index contributed by atoms with van der Waals surface area (Å²) in [6.45, 7) is 1.75. The third-order valence-electron chi connectivity index (χ3n) is 4.43. The Morgan fingerprint density at radius 1 is 1.19 bits per heavy atom. The number of nitrogens with one attached hydrogen (secondary N) is 2. The van der Waals surface area contributed by atoms with Gasteiger partial charge in [-0.2, -0.15) is 5.10 Å². The van der Waals surface area contributed by atoms with Crippen molar-refractivity contribution in [2.75, 3.05) is 11.9 Å². The molecule has 8 nitrogen and oxygen atoms in total. The highest BCUT2D eigenvalue weighted by atomic mass is 32.1. The highest BCUT2D eigenvalue weighted by molar-refractivity contribution is 7.80. The van der Waals surface area contributed by atoms with Crippen molar-refractivity contribution in [3.8, 4) is 0 Å². The molecule has 1 aromatic heterocycles. The molecule has 1 amide bonds. The fraction of sp³-hybridized carbons (Fsp3) is 0.182. The molecule has 10 heteroatoms. The summed E-state index contributed by atoms with van der Waals surface area (Å²) in [6, 6.07) is 13.9. The van der Waals surface area contributed by atoms with Crippen molar-refractivity contribution in [1.29, 1.82) is 0 Å². The molecule has 166 valence electrons. The molecular formula is C22H21FN4O4S. The number of esters is 1. The minimum Gasteiger partial charge on any atom is -0.462 e. The number of halogens is 1. The molecule has 0 aliphatic carbocycles. The van der Waals surface area contributed by atoms with Gasteiger partial charge < -0.3 is 15.2 Å². The number of benzene rings is 2. The molecule has 0 radical (unpaired) electrons. The van der Waals surface area contributed by atoms with Gasteiger partial charge in [0.25, 0.3) is 5.91 Å². The maximum atomic E-state index is 13.2.